The van der Waals surface area contributed by atoms with Crippen LogP contribution in [-0.4, -0.2) is 16.3 Å². The normalized spacial score (nSPS) is 10.7. The number of rotatable bonds is 4. The summed E-state index contributed by atoms with van der Waals surface area (Å²) in [5.74, 6) is -1.27. The first-order valence-corrected chi connectivity index (χ1v) is 8.15. The lowest BCUT2D eigenvalue weighted by Gasteiger charge is -2.12. The van der Waals surface area contributed by atoms with Crippen LogP contribution in [0.5, 0.6) is 0 Å². The summed E-state index contributed by atoms with van der Waals surface area (Å²) in [6.07, 6.45) is 1.47. The molecule has 26 heavy (non-hydrogen) atoms. The highest BCUT2D eigenvalue weighted by molar-refractivity contribution is 6.06. The van der Waals surface area contributed by atoms with Crippen molar-refractivity contribution in [2.45, 2.75) is 20.4 Å². The molecule has 1 aromatic heterocycles. The summed E-state index contributed by atoms with van der Waals surface area (Å²) in [5, 5.41) is 2.78. The van der Waals surface area contributed by atoms with Crippen LogP contribution in [0.15, 0.2) is 53.5 Å². The van der Waals surface area contributed by atoms with E-state index in [4.69, 9.17) is 0 Å². The predicted molar refractivity (Wildman–Crippen MR) is 98.2 cm³/mol. The molecular weight excluding hydrogens is 335 g/mol. The second kappa shape index (κ2) is 6.92. The lowest BCUT2D eigenvalue weighted by molar-refractivity contribution is 0.101. The molecular formula is C20H17FN2O3. The molecule has 5 nitrogen and oxygen atoms in total. The fraction of sp³-hybridized carbons (Fsp3) is 0.150. The zero-order chi connectivity index (χ0) is 18.8. The minimum atomic E-state index is -0.607. The molecule has 3 aromatic rings. The molecule has 0 spiro atoms. The third-order valence-electron chi connectivity index (χ3n) is 4.15. The largest absolute Gasteiger partial charge is 0.347 e. The van der Waals surface area contributed by atoms with E-state index in [1.54, 1.807) is 28.8 Å². The number of carbonyl (C=O) groups is 2. The maximum absolute atomic E-state index is 13.6. The maximum Gasteiger partial charge on any atom is 0.261 e. The quantitative estimate of drug-likeness (QED) is 0.729. The van der Waals surface area contributed by atoms with E-state index in [-0.39, 0.29) is 16.7 Å². The first-order chi connectivity index (χ1) is 12.4. The molecule has 132 valence electrons. The number of anilines is 1. The summed E-state index contributed by atoms with van der Waals surface area (Å²) in [6, 6.07) is 10.4. The third kappa shape index (κ3) is 3.26. The Labute approximate surface area is 149 Å². The average Bonchev–Trinajstić information content (AvgIpc) is 2.62. The van der Waals surface area contributed by atoms with Crippen LogP contribution in [0.25, 0.3) is 10.9 Å². The molecule has 3 rings (SSSR count). The van der Waals surface area contributed by atoms with Gasteiger partial charge in [0.15, 0.2) is 5.78 Å². The lowest BCUT2D eigenvalue weighted by Crippen LogP contribution is -2.24. The topological polar surface area (TPSA) is 68.2 Å². The van der Waals surface area contributed by atoms with Gasteiger partial charge in [-0.05, 0) is 44.2 Å². The maximum atomic E-state index is 13.6. The highest BCUT2D eigenvalue weighted by Crippen LogP contribution is 2.16. The monoisotopic (exact) mass is 352 g/mol. The van der Waals surface area contributed by atoms with Gasteiger partial charge in [-0.15, -0.1) is 0 Å². The first kappa shape index (κ1) is 17.5. The van der Waals surface area contributed by atoms with Gasteiger partial charge in [0.1, 0.15) is 11.4 Å². The Balaban J connectivity index is 2.06. The number of halogens is 1. The van der Waals surface area contributed by atoms with E-state index < -0.39 is 17.2 Å². The summed E-state index contributed by atoms with van der Waals surface area (Å²) in [7, 11) is 0. The molecule has 0 aliphatic heterocycles. The van der Waals surface area contributed by atoms with Gasteiger partial charge in [-0.3, -0.25) is 14.4 Å². The molecule has 1 N–H and O–H groups in total. The molecule has 0 fully saturated rings. The fourth-order valence-electron chi connectivity index (χ4n) is 2.81. The minimum Gasteiger partial charge on any atom is -0.347 e. The number of ketones is 1. The smallest absolute Gasteiger partial charge is 0.261 e. The Bertz CT molecular complexity index is 1090. The van der Waals surface area contributed by atoms with Gasteiger partial charge in [-0.1, -0.05) is 12.1 Å². The Morgan fingerprint density at radius 1 is 1.15 bits per heavy atom. The summed E-state index contributed by atoms with van der Waals surface area (Å²) in [6.45, 7) is 3.81. The van der Waals surface area contributed by atoms with Gasteiger partial charge in [-0.25, -0.2) is 4.39 Å². The van der Waals surface area contributed by atoms with Gasteiger partial charge >= 0.3 is 0 Å². The van der Waals surface area contributed by atoms with E-state index in [0.717, 1.165) is 6.07 Å². The van der Waals surface area contributed by atoms with Crippen LogP contribution in [0.4, 0.5) is 10.1 Å². The van der Waals surface area contributed by atoms with E-state index in [2.05, 4.69) is 5.32 Å². The molecule has 2 aromatic carbocycles. The van der Waals surface area contributed by atoms with Crippen molar-refractivity contribution < 1.29 is 14.0 Å². The number of amides is 1. The lowest BCUT2D eigenvalue weighted by atomic mass is 10.1. The van der Waals surface area contributed by atoms with Crippen molar-refractivity contribution in [3.8, 4) is 0 Å². The Hall–Kier alpha value is -3.28. The van der Waals surface area contributed by atoms with Crippen LogP contribution in [-0.2, 0) is 6.54 Å². The number of Topliss-reactive ketones (excluding diaryl/α,β-unsaturated/α-hetero) is 1. The second-order valence-electron chi connectivity index (χ2n) is 5.91. The number of aromatic nitrogens is 1. The van der Waals surface area contributed by atoms with Gasteiger partial charge in [0.25, 0.3) is 5.91 Å². The number of benzene rings is 2. The summed E-state index contributed by atoms with van der Waals surface area (Å²) in [4.78, 5) is 36.7. The Morgan fingerprint density at radius 2 is 1.92 bits per heavy atom. The zero-order valence-corrected chi connectivity index (χ0v) is 14.4. The molecule has 0 bridgehead atoms. The van der Waals surface area contributed by atoms with Crippen molar-refractivity contribution >= 4 is 28.3 Å². The number of nitrogens with zero attached hydrogens (tertiary/aromatic N) is 1. The highest BCUT2D eigenvalue weighted by Gasteiger charge is 2.16. The summed E-state index contributed by atoms with van der Waals surface area (Å²) < 4.78 is 15.3. The van der Waals surface area contributed by atoms with E-state index in [9.17, 15) is 18.8 Å². The molecule has 1 amide bonds. The van der Waals surface area contributed by atoms with Gasteiger partial charge in [0.05, 0.1) is 5.52 Å². The fourth-order valence-corrected chi connectivity index (χ4v) is 2.81. The number of aryl methyl sites for hydroxylation is 1. The van der Waals surface area contributed by atoms with Crippen molar-refractivity contribution in [3.05, 3.63) is 75.8 Å². The molecule has 0 saturated carbocycles. The molecule has 6 heteroatoms. The van der Waals surface area contributed by atoms with Crippen molar-refractivity contribution in [3.63, 3.8) is 0 Å². The van der Waals surface area contributed by atoms with E-state index in [1.165, 1.54) is 25.3 Å². The molecule has 0 unspecified atom stereocenters. The number of fused-ring (bicyclic) bond motifs is 1. The summed E-state index contributed by atoms with van der Waals surface area (Å²) >= 11 is 0. The number of carbonyl (C=O) groups excluding carboxylic acids is 2. The number of pyridine rings is 1. The van der Waals surface area contributed by atoms with Crippen LogP contribution in [0.3, 0.4) is 0 Å². The molecule has 0 saturated heterocycles. The standard InChI is InChI=1S/C20H17FN2O3/c1-3-23-11-17(19(25)16-10-14(21)7-8-18(16)23)20(26)22-15-6-4-5-13(9-15)12(2)24/h4-11H,3H2,1-2H3,(H,22,26). The number of hydrogen-bond acceptors (Lipinski definition) is 3. The van der Waals surface area contributed by atoms with Crippen molar-refractivity contribution in [1.29, 1.82) is 0 Å². The van der Waals surface area contributed by atoms with Crippen molar-refractivity contribution in [1.82, 2.24) is 4.57 Å². The SMILES string of the molecule is CCn1cc(C(=O)Nc2cccc(C(C)=O)c2)c(=O)c2cc(F)ccc21. The van der Waals surface area contributed by atoms with Crippen LogP contribution in [0, 0.1) is 5.82 Å². The van der Waals surface area contributed by atoms with E-state index in [1.807, 2.05) is 6.92 Å². The third-order valence-corrected chi connectivity index (χ3v) is 4.15. The highest BCUT2D eigenvalue weighted by atomic mass is 19.1. The first-order valence-electron chi connectivity index (χ1n) is 8.15. The van der Waals surface area contributed by atoms with Gasteiger partial charge < -0.3 is 9.88 Å². The van der Waals surface area contributed by atoms with E-state index >= 15 is 0 Å². The van der Waals surface area contributed by atoms with Gasteiger partial charge in [0, 0.05) is 29.4 Å². The van der Waals surface area contributed by atoms with Crippen LogP contribution >= 0.6 is 0 Å². The average molecular weight is 352 g/mol. The molecule has 0 aliphatic carbocycles. The number of nitrogens with one attached hydrogen (secondary N) is 1. The van der Waals surface area contributed by atoms with E-state index in [0.29, 0.717) is 23.3 Å². The predicted octanol–water partition coefficient (Wildman–Crippen LogP) is 3.62. The molecule has 0 radical (unpaired) electrons. The second-order valence-corrected chi connectivity index (χ2v) is 5.91. The van der Waals surface area contributed by atoms with Crippen molar-refractivity contribution in [2.75, 3.05) is 5.32 Å². The zero-order valence-electron chi connectivity index (χ0n) is 14.4. The Kier molecular flexibility index (Phi) is 4.67. The summed E-state index contributed by atoms with van der Waals surface area (Å²) in [5.41, 5.74) is 0.801. The van der Waals surface area contributed by atoms with Gasteiger partial charge in [-0.2, -0.15) is 0 Å². The van der Waals surface area contributed by atoms with Crippen LogP contribution < -0.4 is 10.7 Å². The van der Waals surface area contributed by atoms with Gasteiger partial charge in [0.2, 0.25) is 5.43 Å². The molecule has 1 heterocycles. The molecule has 0 aliphatic rings. The van der Waals surface area contributed by atoms with Crippen molar-refractivity contribution in [2.24, 2.45) is 0 Å². The molecule has 0 atom stereocenters. The number of hydrogen-bond donors (Lipinski definition) is 1. The Morgan fingerprint density at radius 3 is 2.62 bits per heavy atom. The van der Waals surface area contributed by atoms with Crippen LogP contribution in [0.1, 0.15) is 34.6 Å². The minimum absolute atomic E-state index is 0.0850. The van der Waals surface area contributed by atoms with Crippen LogP contribution in [0.2, 0.25) is 0 Å².